The van der Waals surface area contributed by atoms with Crippen LogP contribution in [-0.2, 0) is 9.59 Å². The van der Waals surface area contributed by atoms with Crippen molar-refractivity contribution in [1.29, 1.82) is 0 Å². The highest BCUT2D eigenvalue weighted by Crippen LogP contribution is 2.45. The van der Waals surface area contributed by atoms with Gasteiger partial charge < -0.3 is 5.32 Å². The molecule has 0 bridgehead atoms. The van der Waals surface area contributed by atoms with E-state index in [1.165, 1.54) is 6.42 Å². The van der Waals surface area contributed by atoms with Crippen LogP contribution in [0.25, 0.3) is 0 Å². The second kappa shape index (κ2) is 2.82. The predicted molar refractivity (Wildman–Crippen MR) is 48.1 cm³/mol. The van der Waals surface area contributed by atoms with Crippen molar-refractivity contribution in [2.45, 2.75) is 32.6 Å². The first-order valence-corrected chi connectivity index (χ1v) is 4.93. The van der Waals surface area contributed by atoms with Gasteiger partial charge in [-0.25, -0.2) is 0 Å². The lowest BCUT2D eigenvalue weighted by Gasteiger charge is -2.43. The summed E-state index contributed by atoms with van der Waals surface area (Å²) < 4.78 is 0. The Hall–Kier alpha value is -0.860. The summed E-state index contributed by atoms with van der Waals surface area (Å²) in [6, 6.07) is 0. The molecule has 2 rings (SSSR count). The summed E-state index contributed by atoms with van der Waals surface area (Å²) in [7, 11) is 0. The molecule has 0 radical (unpaired) electrons. The van der Waals surface area contributed by atoms with E-state index < -0.39 is 5.41 Å². The van der Waals surface area contributed by atoms with Crippen LogP contribution >= 0.6 is 0 Å². The fraction of sp³-hybridized carbons (Fsp3) is 0.800. The third kappa shape index (κ3) is 1.26. The molecular formula is C10H15NO2. The zero-order valence-electron chi connectivity index (χ0n) is 7.93. The first-order valence-electron chi connectivity index (χ1n) is 4.93. The van der Waals surface area contributed by atoms with Gasteiger partial charge in [0.2, 0.25) is 5.91 Å². The molecular weight excluding hydrogens is 166 g/mol. The average molecular weight is 181 g/mol. The summed E-state index contributed by atoms with van der Waals surface area (Å²) >= 11 is 0. The molecule has 1 unspecified atom stereocenters. The van der Waals surface area contributed by atoms with Crippen LogP contribution in [0, 0.1) is 11.3 Å². The maximum absolute atomic E-state index is 11.6. The van der Waals surface area contributed by atoms with Crippen molar-refractivity contribution in [3.05, 3.63) is 0 Å². The minimum Gasteiger partial charge on any atom is -0.349 e. The van der Waals surface area contributed by atoms with Crippen LogP contribution in [0.4, 0.5) is 0 Å². The van der Waals surface area contributed by atoms with Crippen molar-refractivity contribution in [2.24, 2.45) is 11.3 Å². The molecule has 1 saturated heterocycles. The van der Waals surface area contributed by atoms with E-state index in [1.54, 1.807) is 0 Å². The van der Waals surface area contributed by atoms with Gasteiger partial charge in [-0.05, 0) is 18.8 Å². The van der Waals surface area contributed by atoms with Gasteiger partial charge in [0.1, 0.15) is 0 Å². The molecule has 1 saturated carbocycles. The number of piperidine rings is 1. The topological polar surface area (TPSA) is 46.2 Å². The molecule has 1 N–H and O–H groups in total. The van der Waals surface area contributed by atoms with E-state index >= 15 is 0 Å². The quantitative estimate of drug-likeness (QED) is 0.652. The van der Waals surface area contributed by atoms with E-state index in [9.17, 15) is 9.59 Å². The van der Waals surface area contributed by atoms with Gasteiger partial charge in [0.25, 0.3) is 0 Å². The Morgan fingerprint density at radius 3 is 2.62 bits per heavy atom. The summed E-state index contributed by atoms with van der Waals surface area (Å²) in [5.74, 6) is 0.697. The second-order valence-electron chi connectivity index (χ2n) is 4.44. The number of hydrogen-bond acceptors (Lipinski definition) is 2. The fourth-order valence-electron chi connectivity index (χ4n) is 2.31. The van der Waals surface area contributed by atoms with Crippen LogP contribution in [0.1, 0.15) is 32.6 Å². The number of Topliss-reactive ketones (excluding diaryl/α,β-unsaturated/α-hetero) is 1. The Labute approximate surface area is 77.9 Å². The first kappa shape index (κ1) is 8.73. The van der Waals surface area contributed by atoms with E-state index in [4.69, 9.17) is 0 Å². The van der Waals surface area contributed by atoms with Crippen molar-refractivity contribution in [2.75, 3.05) is 6.54 Å². The smallest absolute Gasteiger partial charge is 0.227 e. The van der Waals surface area contributed by atoms with Crippen LogP contribution in [0.5, 0.6) is 0 Å². The van der Waals surface area contributed by atoms with E-state index in [2.05, 4.69) is 5.32 Å². The number of rotatable bonds is 1. The Balaban J connectivity index is 2.16. The maximum Gasteiger partial charge on any atom is 0.227 e. The molecule has 1 atom stereocenters. The molecule has 72 valence electrons. The Morgan fingerprint density at radius 1 is 1.38 bits per heavy atom. The molecule has 1 amide bonds. The molecule has 0 spiro atoms. The summed E-state index contributed by atoms with van der Waals surface area (Å²) in [6.07, 6.45) is 3.87. The molecule has 2 aliphatic rings. The molecule has 13 heavy (non-hydrogen) atoms. The van der Waals surface area contributed by atoms with Gasteiger partial charge in [0.15, 0.2) is 5.78 Å². The van der Waals surface area contributed by atoms with Crippen molar-refractivity contribution in [1.82, 2.24) is 5.32 Å². The predicted octanol–water partition coefficient (Wildman–Crippen LogP) is 0.882. The van der Waals surface area contributed by atoms with Gasteiger partial charge in [-0.2, -0.15) is 0 Å². The van der Waals surface area contributed by atoms with Gasteiger partial charge in [0.05, 0.1) is 12.0 Å². The van der Waals surface area contributed by atoms with Gasteiger partial charge in [0, 0.05) is 6.42 Å². The Morgan fingerprint density at radius 2 is 2.08 bits per heavy atom. The number of carbonyl (C=O) groups excluding carboxylic acids is 2. The molecule has 2 fully saturated rings. The maximum atomic E-state index is 11.6. The molecule has 1 aliphatic heterocycles. The standard InChI is InChI=1S/C10H15NO2/c1-10(7-3-2-4-7)5-8(12)6-11-9(10)13/h7H,2-6H2,1H3,(H,11,13). The number of carbonyl (C=O) groups is 2. The molecule has 1 heterocycles. The summed E-state index contributed by atoms with van der Waals surface area (Å²) in [5, 5.41) is 2.68. The number of ketones is 1. The summed E-state index contributed by atoms with van der Waals surface area (Å²) in [5.41, 5.74) is -0.395. The van der Waals surface area contributed by atoms with E-state index in [0.29, 0.717) is 12.3 Å². The van der Waals surface area contributed by atoms with Crippen molar-refractivity contribution >= 4 is 11.7 Å². The van der Waals surface area contributed by atoms with Crippen LogP contribution in [0.3, 0.4) is 0 Å². The zero-order chi connectivity index (χ0) is 9.47. The van der Waals surface area contributed by atoms with Crippen molar-refractivity contribution < 1.29 is 9.59 Å². The van der Waals surface area contributed by atoms with Gasteiger partial charge >= 0.3 is 0 Å². The zero-order valence-corrected chi connectivity index (χ0v) is 7.93. The lowest BCUT2D eigenvalue weighted by molar-refractivity contribution is -0.145. The van der Waals surface area contributed by atoms with E-state index in [0.717, 1.165) is 12.8 Å². The highest BCUT2D eigenvalue weighted by molar-refractivity contribution is 5.96. The van der Waals surface area contributed by atoms with Crippen molar-refractivity contribution in [3.63, 3.8) is 0 Å². The van der Waals surface area contributed by atoms with Crippen LogP contribution < -0.4 is 5.32 Å². The third-order valence-electron chi connectivity index (χ3n) is 3.54. The van der Waals surface area contributed by atoms with Crippen LogP contribution in [0.2, 0.25) is 0 Å². The lowest BCUT2D eigenvalue weighted by Crippen LogP contribution is -2.53. The van der Waals surface area contributed by atoms with Crippen molar-refractivity contribution in [3.8, 4) is 0 Å². The normalized spacial score (nSPS) is 35.5. The fourth-order valence-corrected chi connectivity index (χ4v) is 2.31. The van der Waals surface area contributed by atoms with E-state index in [-0.39, 0.29) is 18.2 Å². The first-order chi connectivity index (χ1) is 6.13. The number of nitrogens with one attached hydrogen (secondary N) is 1. The van der Waals surface area contributed by atoms with Gasteiger partial charge in [-0.1, -0.05) is 13.3 Å². The molecule has 0 aromatic rings. The largest absolute Gasteiger partial charge is 0.349 e. The summed E-state index contributed by atoms with van der Waals surface area (Å²) in [6.45, 7) is 2.17. The molecule has 1 aliphatic carbocycles. The van der Waals surface area contributed by atoms with E-state index in [1.807, 2.05) is 6.92 Å². The van der Waals surface area contributed by atoms with Crippen LogP contribution in [0.15, 0.2) is 0 Å². The minimum atomic E-state index is -0.395. The summed E-state index contributed by atoms with van der Waals surface area (Å²) in [4.78, 5) is 22.9. The average Bonchev–Trinajstić information content (AvgIpc) is 1.93. The number of hydrogen-bond donors (Lipinski definition) is 1. The molecule has 3 nitrogen and oxygen atoms in total. The highest BCUT2D eigenvalue weighted by atomic mass is 16.2. The minimum absolute atomic E-state index is 0.0804. The van der Waals surface area contributed by atoms with Gasteiger partial charge in [-0.3, -0.25) is 9.59 Å². The lowest BCUT2D eigenvalue weighted by atomic mass is 9.62. The third-order valence-corrected chi connectivity index (χ3v) is 3.54. The van der Waals surface area contributed by atoms with Gasteiger partial charge in [-0.15, -0.1) is 0 Å². The number of amides is 1. The highest BCUT2D eigenvalue weighted by Gasteiger charge is 2.47. The second-order valence-corrected chi connectivity index (χ2v) is 4.44. The van der Waals surface area contributed by atoms with Crippen LogP contribution in [-0.4, -0.2) is 18.2 Å². The Bertz CT molecular complexity index is 258. The molecule has 3 heteroatoms. The molecule has 0 aromatic heterocycles. The Kier molecular flexibility index (Phi) is 1.90. The SMILES string of the molecule is CC1(C2CCC2)CC(=O)CNC1=O. The molecule has 0 aromatic carbocycles. The monoisotopic (exact) mass is 181 g/mol.